The quantitative estimate of drug-likeness (QED) is 0.702. The Balaban J connectivity index is 1.46. The summed E-state index contributed by atoms with van der Waals surface area (Å²) in [4.78, 5) is 48.3. The number of nitrogens with zero attached hydrogens (tertiary/aromatic N) is 1. The van der Waals surface area contributed by atoms with Crippen LogP contribution in [0.4, 0.5) is 5.69 Å². The van der Waals surface area contributed by atoms with E-state index in [4.69, 9.17) is 16.3 Å². The van der Waals surface area contributed by atoms with Crippen LogP contribution in [0.2, 0.25) is 5.02 Å². The molecule has 1 aliphatic rings. The molecule has 3 amide bonds. The van der Waals surface area contributed by atoms with E-state index in [0.29, 0.717) is 16.3 Å². The lowest BCUT2D eigenvalue weighted by molar-refractivity contribution is -0.151. The van der Waals surface area contributed by atoms with E-state index in [1.807, 2.05) is 0 Å². The predicted molar refractivity (Wildman–Crippen MR) is 105 cm³/mol. The van der Waals surface area contributed by atoms with Crippen LogP contribution in [0.15, 0.2) is 54.6 Å². The van der Waals surface area contributed by atoms with Crippen LogP contribution in [0.1, 0.15) is 16.8 Å². The molecular weight excluding hydrogens is 398 g/mol. The van der Waals surface area contributed by atoms with Gasteiger partial charge in [0.15, 0.2) is 6.61 Å². The second-order valence-electron chi connectivity index (χ2n) is 6.38. The highest BCUT2D eigenvalue weighted by Crippen LogP contribution is 2.18. The lowest BCUT2D eigenvalue weighted by Crippen LogP contribution is -2.43. The fourth-order valence-corrected chi connectivity index (χ4v) is 2.86. The molecule has 2 aromatic rings. The molecule has 1 atom stereocenters. The molecule has 0 unspecified atom stereocenters. The zero-order valence-electron chi connectivity index (χ0n) is 15.3. The second kappa shape index (κ2) is 9.20. The minimum Gasteiger partial charge on any atom is -0.455 e. The number of amides is 3. The minimum absolute atomic E-state index is 0.0188. The van der Waals surface area contributed by atoms with E-state index in [-0.39, 0.29) is 13.0 Å². The second-order valence-corrected chi connectivity index (χ2v) is 6.81. The Hall–Kier alpha value is -3.39. The summed E-state index contributed by atoms with van der Waals surface area (Å²) in [6.45, 7) is -0.502. The number of hydrazine groups is 1. The van der Waals surface area contributed by atoms with Crippen LogP contribution < -0.4 is 10.7 Å². The summed E-state index contributed by atoms with van der Waals surface area (Å²) in [5.74, 6) is -2.81. The van der Waals surface area contributed by atoms with E-state index in [1.165, 1.54) is 0 Å². The fraction of sp³-hybridized carbons (Fsp3) is 0.200. The topological polar surface area (TPSA) is 105 Å². The van der Waals surface area contributed by atoms with Gasteiger partial charge in [-0.25, -0.2) is 0 Å². The Morgan fingerprint density at radius 1 is 1.07 bits per heavy atom. The Morgan fingerprint density at radius 3 is 2.45 bits per heavy atom. The summed E-state index contributed by atoms with van der Waals surface area (Å²) in [6, 6.07) is 14.9. The lowest BCUT2D eigenvalue weighted by Gasteiger charge is -2.17. The number of halogens is 1. The van der Waals surface area contributed by atoms with Crippen LogP contribution in [-0.4, -0.2) is 41.9 Å². The molecule has 29 heavy (non-hydrogen) atoms. The third-order valence-electron chi connectivity index (χ3n) is 4.20. The van der Waals surface area contributed by atoms with Crippen molar-refractivity contribution in [2.75, 3.05) is 18.5 Å². The van der Waals surface area contributed by atoms with E-state index in [2.05, 4.69) is 10.7 Å². The number of hydrogen-bond acceptors (Lipinski definition) is 5. The zero-order valence-corrected chi connectivity index (χ0v) is 16.0. The fourth-order valence-electron chi connectivity index (χ4n) is 2.74. The number of ether oxygens (including phenoxy) is 1. The number of anilines is 1. The first-order valence-electron chi connectivity index (χ1n) is 8.81. The van der Waals surface area contributed by atoms with Gasteiger partial charge in [0.05, 0.1) is 12.5 Å². The maximum absolute atomic E-state index is 12.2. The molecule has 150 valence electrons. The van der Waals surface area contributed by atoms with E-state index in [0.717, 1.165) is 5.01 Å². The van der Waals surface area contributed by atoms with Crippen molar-refractivity contribution in [3.05, 3.63) is 65.2 Å². The van der Waals surface area contributed by atoms with E-state index >= 15 is 0 Å². The number of rotatable bonds is 6. The standard InChI is InChI=1S/C20H18ClN3O5/c21-15-6-8-16(9-7-15)22-17(25)12-29-20(28)14-10-18(26)24(11-14)23-19(27)13-4-2-1-3-5-13/h1-9,14H,10-12H2,(H,22,25)(H,23,27)/t14-/m1/s1. The van der Waals surface area contributed by atoms with Gasteiger partial charge < -0.3 is 10.1 Å². The summed E-state index contributed by atoms with van der Waals surface area (Å²) in [6.07, 6.45) is -0.104. The molecule has 1 fully saturated rings. The van der Waals surface area contributed by atoms with E-state index < -0.39 is 36.2 Å². The van der Waals surface area contributed by atoms with Crippen LogP contribution >= 0.6 is 11.6 Å². The van der Waals surface area contributed by atoms with Crippen molar-refractivity contribution in [1.29, 1.82) is 0 Å². The molecule has 0 aliphatic carbocycles. The molecule has 1 aliphatic heterocycles. The lowest BCUT2D eigenvalue weighted by atomic mass is 10.1. The van der Waals surface area contributed by atoms with E-state index in [1.54, 1.807) is 54.6 Å². The van der Waals surface area contributed by atoms with Crippen molar-refractivity contribution in [2.45, 2.75) is 6.42 Å². The highest BCUT2D eigenvalue weighted by molar-refractivity contribution is 6.30. The monoisotopic (exact) mass is 415 g/mol. The van der Waals surface area contributed by atoms with Gasteiger partial charge in [0.2, 0.25) is 5.91 Å². The maximum atomic E-state index is 12.2. The van der Waals surface area contributed by atoms with Crippen molar-refractivity contribution >= 4 is 41.0 Å². The molecule has 0 saturated carbocycles. The van der Waals surface area contributed by atoms with Crippen LogP contribution in [0, 0.1) is 5.92 Å². The molecule has 0 radical (unpaired) electrons. The van der Waals surface area contributed by atoms with Gasteiger partial charge in [0, 0.05) is 22.7 Å². The summed E-state index contributed by atoms with van der Waals surface area (Å²) < 4.78 is 5.00. The first-order valence-corrected chi connectivity index (χ1v) is 9.18. The molecule has 1 saturated heterocycles. The molecule has 9 heteroatoms. The van der Waals surface area contributed by atoms with Gasteiger partial charge in [-0.1, -0.05) is 29.8 Å². The molecule has 0 bridgehead atoms. The highest BCUT2D eigenvalue weighted by atomic mass is 35.5. The van der Waals surface area contributed by atoms with Crippen LogP contribution in [-0.2, 0) is 19.1 Å². The summed E-state index contributed by atoms with van der Waals surface area (Å²) in [5.41, 5.74) is 3.39. The van der Waals surface area contributed by atoms with Crippen molar-refractivity contribution in [3.63, 3.8) is 0 Å². The molecule has 2 N–H and O–H groups in total. The number of carbonyl (C=O) groups is 4. The van der Waals surface area contributed by atoms with Gasteiger partial charge in [0.25, 0.3) is 11.8 Å². The smallest absolute Gasteiger partial charge is 0.311 e. The average Bonchev–Trinajstić information content (AvgIpc) is 3.09. The van der Waals surface area contributed by atoms with Gasteiger partial charge in [0.1, 0.15) is 0 Å². The Labute approximate surface area is 171 Å². The highest BCUT2D eigenvalue weighted by Gasteiger charge is 2.36. The number of hydrogen-bond donors (Lipinski definition) is 2. The number of nitrogens with one attached hydrogen (secondary N) is 2. The molecule has 1 heterocycles. The third-order valence-corrected chi connectivity index (χ3v) is 4.46. The van der Waals surface area contributed by atoms with Gasteiger partial charge in [-0.15, -0.1) is 0 Å². The minimum atomic E-state index is -0.762. The van der Waals surface area contributed by atoms with Crippen LogP contribution in [0.5, 0.6) is 0 Å². The van der Waals surface area contributed by atoms with Gasteiger partial charge in [-0.05, 0) is 36.4 Å². The normalized spacial score (nSPS) is 15.7. The maximum Gasteiger partial charge on any atom is 0.311 e. The largest absolute Gasteiger partial charge is 0.455 e. The Morgan fingerprint density at radius 2 is 1.76 bits per heavy atom. The Kier molecular flexibility index (Phi) is 6.46. The van der Waals surface area contributed by atoms with Gasteiger partial charge in [-0.3, -0.25) is 29.6 Å². The molecule has 2 aromatic carbocycles. The van der Waals surface area contributed by atoms with Gasteiger partial charge >= 0.3 is 5.97 Å². The number of carbonyl (C=O) groups excluding carboxylic acids is 4. The van der Waals surface area contributed by atoms with Crippen LogP contribution in [0.25, 0.3) is 0 Å². The van der Waals surface area contributed by atoms with Crippen molar-refractivity contribution in [2.24, 2.45) is 5.92 Å². The van der Waals surface area contributed by atoms with Crippen molar-refractivity contribution in [1.82, 2.24) is 10.4 Å². The first-order chi connectivity index (χ1) is 13.9. The molecular formula is C20H18ClN3O5. The van der Waals surface area contributed by atoms with Crippen molar-refractivity contribution in [3.8, 4) is 0 Å². The Bertz CT molecular complexity index is 917. The zero-order chi connectivity index (χ0) is 20.8. The average molecular weight is 416 g/mol. The SMILES string of the molecule is O=C(COC(=O)[C@@H]1CC(=O)N(NC(=O)c2ccccc2)C1)Nc1ccc(Cl)cc1. The van der Waals surface area contributed by atoms with Crippen molar-refractivity contribution < 1.29 is 23.9 Å². The first kappa shape index (κ1) is 20.3. The molecule has 0 aromatic heterocycles. The molecule has 3 rings (SSSR count). The summed E-state index contributed by atoms with van der Waals surface area (Å²) in [7, 11) is 0. The van der Waals surface area contributed by atoms with Crippen LogP contribution in [0.3, 0.4) is 0 Å². The molecule has 0 spiro atoms. The number of benzene rings is 2. The third kappa shape index (κ3) is 5.55. The summed E-state index contributed by atoms with van der Waals surface area (Å²) >= 11 is 5.77. The van der Waals surface area contributed by atoms with Gasteiger partial charge in [-0.2, -0.15) is 0 Å². The van der Waals surface area contributed by atoms with E-state index in [9.17, 15) is 19.2 Å². The predicted octanol–water partition coefficient (Wildman–Crippen LogP) is 2.02. The summed E-state index contributed by atoms with van der Waals surface area (Å²) in [5, 5.41) is 4.19. The molecule has 8 nitrogen and oxygen atoms in total. The number of esters is 1.